The van der Waals surface area contributed by atoms with Gasteiger partial charge in [0, 0.05) is 11.8 Å². The molecule has 2 aromatic heterocycles. The number of hydrogen-bond donors (Lipinski definition) is 1. The topological polar surface area (TPSA) is 102 Å². The Morgan fingerprint density at radius 3 is 2.81 bits per heavy atom. The Kier molecular flexibility index (Phi) is 5.46. The molecular formula is C19H20N4O4. The van der Waals surface area contributed by atoms with Crippen LogP contribution in [0, 0.1) is 6.92 Å². The summed E-state index contributed by atoms with van der Waals surface area (Å²) in [5.41, 5.74) is 2.10. The number of aliphatic carboxylic acids is 1. The van der Waals surface area contributed by atoms with E-state index in [0.717, 1.165) is 5.56 Å². The van der Waals surface area contributed by atoms with Crippen molar-refractivity contribution in [2.75, 3.05) is 14.2 Å². The summed E-state index contributed by atoms with van der Waals surface area (Å²) in [5.74, 6) is 0.181. The molecule has 0 amide bonds. The van der Waals surface area contributed by atoms with Crippen molar-refractivity contribution in [2.24, 2.45) is 0 Å². The molecule has 0 saturated heterocycles. The standard InChI is InChI=1S/C19H20N4O4/c1-12-7-8-15(26-3)13(10-12)17(19(24)25)23(2)11-16-21-18(22-27-16)14-6-4-5-9-20-14/h4-10,17H,11H2,1-3H3,(H,24,25)/t17-/m0/s1. The minimum atomic E-state index is -0.995. The normalized spacial score (nSPS) is 12.1. The fourth-order valence-corrected chi connectivity index (χ4v) is 2.85. The number of hydrogen-bond acceptors (Lipinski definition) is 7. The van der Waals surface area contributed by atoms with Crippen molar-refractivity contribution < 1.29 is 19.2 Å². The van der Waals surface area contributed by atoms with E-state index in [1.807, 2.05) is 19.1 Å². The van der Waals surface area contributed by atoms with E-state index in [-0.39, 0.29) is 6.54 Å². The van der Waals surface area contributed by atoms with E-state index in [2.05, 4.69) is 15.1 Å². The molecule has 0 fully saturated rings. The summed E-state index contributed by atoms with van der Waals surface area (Å²) in [6.07, 6.45) is 1.64. The highest BCUT2D eigenvalue weighted by Crippen LogP contribution is 2.31. The number of carbonyl (C=O) groups is 1. The maximum atomic E-state index is 12.0. The van der Waals surface area contributed by atoms with Gasteiger partial charge in [-0.05, 0) is 32.2 Å². The Bertz CT molecular complexity index is 926. The molecule has 140 valence electrons. The third kappa shape index (κ3) is 4.12. The fourth-order valence-electron chi connectivity index (χ4n) is 2.85. The van der Waals surface area contributed by atoms with Gasteiger partial charge < -0.3 is 14.4 Å². The van der Waals surface area contributed by atoms with Gasteiger partial charge >= 0.3 is 5.97 Å². The third-order valence-corrected chi connectivity index (χ3v) is 4.10. The first kappa shape index (κ1) is 18.5. The maximum absolute atomic E-state index is 12.0. The molecule has 3 rings (SSSR count). The van der Waals surface area contributed by atoms with Crippen LogP contribution in [0.4, 0.5) is 0 Å². The molecular weight excluding hydrogens is 348 g/mol. The predicted molar refractivity (Wildman–Crippen MR) is 97.1 cm³/mol. The summed E-state index contributed by atoms with van der Waals surface area (Å²) in [6.45, 7) is 2.06. The first-order valence-electron chi connectivity index (χ1n) is 8.31. The quantitative estimate of drug-likeness (QED) is 0.679. The number of methoxy groups -OCH3 is 1. The molecule has 0 aliphatic carbocycles. The monoisotopic (exact) mass is 368 g/mol. The van der Waals surface area contributed by atoms with Crippen LogP contribution in [-0.4, -0.2) is 45.3 Å². The number of pyridine rings is 1. The van der Waals surface area contributed by atoms with Crippen LogP contribution in [0.2, 0.25) is 0 Å². The molecule has 0 spiro atoms. The van der Waals surface area contributed by atoms with E-state index >= 15 is 0 Å². The highest BCUT2D eigenvalue weighted by Gasteiger charge is 2.29. The maximum Gasteiger partial charge on any atom is 0.325 e. The van der Waals surface area contributed by atoms with Gasteiger partial charge in [-0.25, -0.2) is 0 Å². The van der Waals surface area contributed by atoms with Crippen LogP contribution in [0.5, 0.6) is 5.75 Å². The number of benzene rings is 1. The molecule has 2 heterocycles. The number of carboxylic acids is 1. The van der Waals surface area contributed by atoms with Crippen LogP contribution in [0.25, 0.3) is 11.5 Å². The molecule has 0 saturated carbocycles. The van der Waals surface area contributed by atoms with E-state index in [1.165, 1.54) is 7.11 Å². The summed E-state index contributed by atoms with van der Waals surface area (Å²) in [6, 6.07) is 9.92. The van der Waals surface area contributed by atoms with E-state index in [4.69, 9.17) is 9.26 Å². The molecule has 1 atom stereocenters. The van der Waals surface area contributed by atoms with Crippen molar-refractivity contribution in [1.82, 2.24) is 20.0 Å². The lowest BCUT2D eigenvalue weighted by Gasteiger charge is -2.25. The van der Waals surface area contributed by atoms with Gasteiger partial charge in [0.05, 0.1) is 13.7 Å². The van der Waals surface area contributed by atoms with Gasteiger partial charge in [-0.1, -0.05) is 28.9 Å². The third-order valence-electron chi connectivity index (χ3n) is 4.10. The summed E-state index contributed by atoms with van der Waals surface area (Å²) in [5, 5.41) is 13.7. The molecule has 0 aliphatic heterocycles. The smallest absolute Gasteiger partial charge is 0.325 e. The number of carboxylic acid groups (broad SMARTS) is 1. The molecule has 27 heavy (non-hydrogen) atoms. The first-order valence-corrected chi connectivity index (χ1v) is 8.31. The van der Waals surface area contributed by atoms with Crippen molar-refractivity contribution in [3.05, 3.63) is 59.6 Å². The van der Waals surface area contributed by atoms with Crippen LogP contribution in [0.15, 0.2) is 47.1 Å². The van der Waals surface area contributed by atoms with Crippen molar-refractivity contribution in [1.29, 1.82) is 0 Å². The van der Waals surface area contributed by atoms with Crippen LogP contribution >= 0.6 is 0 Å². The van der Waals surface area contributed by atoms with Crippen molar-refractivity contribution in [3.63, 3.8) is 0 Å². The summed E-state index contributed by atoms with van der Waals surface area (Å²) >= 11 is 0. The van der Waals surface area contributed by atoms with Crippen molar-refractivity contribution in [3.8, 4) is 17.3 Å². The summed E-state index contributed by atoms with van der Waals surface area (Å²) in [4.78, 5) is 22.1. The average Bonchev–Trinajstić information content (AvgIpc) is 3.11. The van der Waals surface area contributed by atoms with Crippen LogP contribution < -0.4 is 4.74 Å². The van der Waals surface area contributed by atoms with Crippen molar-refractivity contribution in [2.45, 2.75) is 19.5 Å². The molecule has 0 aliphatic rings. The highest BCUT2D eigenvalue weighted by molar-refractivity contribution is 5.76. The van der Waals surface area contributed by atoms with E-state index < -0.39 is 12.0 Å². The first-order chi connectivity index (χ1) is 13.0. The van der Waals surface area contributed by atoms with Gasteiger partial charge in [-0.3, -0.25) is 14.7 Å². The van der Waals surface area contributed by atoms with Gasteiger partial charge in [0.25, 0.3) is 0 Å². The molecule has 0 radical (unpaired) electrons. The zero-order valence-electron chi connectivity index (χ0n) is 15.3. The van der Waals surface area contributed by atoms with E-state index in [1.54, 1.807) is 42.4 Å². The minimum Gasteiger partial charge on any atom is -0.496 e. The second-order valence-corrected chi connectivity index (χ2v) is 6.13. The Hall–Kier alpha value is -3.26. The SMILES string of the molecule is COc1ccc(C)cc1[C@@H](C(=O)O)N(C)Cc1nc(-c2ccccn2)no1. The van der Waals surface area contributed by atoms with Gasteiger partial charge in [-0.15, -0.1) is 0 Å². The van der Waals surface area contributed by atoms with E-state index in [0.29, 0.717) is 28.7 Å². The summed E-state index contributed by atoms with van der Waals surface area (Å²) in [7, 11) is 3.20. The largest absolute Gasteiger partial charge is 0.496 e. The Balaban J connectivity index is 1.85. The number of likely N-dealkylation sites (N-methyl/N-ethyl adjacent to an activating group) is 1. The van der Waals surface area contributed by atoms with Gasteiger partial charge in [-0.2, -0.15) is 4.98 Å². The minimum absolute atomic E-state index is 0.161. The number of aromatic nitrogens is 3. The van der Waals surface area contributed by atoms with E-state index in [9.17, 15) is 9.90 Å². The molecule has 8 heteroatoms. The summed E-state index contributed by atoms with van der Waals surface area (Å²) < 4.78 is 10.6. The second-order valence-electron chi connectivity index (χ2n) is 6.13. The van der Waals surface area contributed by atoms with Crippen LogP contribution in [0.1, 0.15) is 23.1 Å². The number of aryl methyl sites for hydroxylation is 1. The average molecular weight is 368 g/mol. The molecule has 8 nitrogen and oxygen atoms in total. The highest BCUT2D eigenvalue weighted by atomic mass is 16.5. The molecule has 3 aromatic rings. The van der Waals surface area contributed by atoms with Gasteiger partial charge in [0.15, 0.2) is 0 Å². The molecule has 1 N–H and O–H groups in total. The lowest BCUT2D eigenvalue weighted by Crippen LogP contribution is -2.31. The predicted octanol–water partition coefficient (Wildman–Crippen LogP) is 2.71. The number of nitrogens with zero attached hydrogens (tertiary/aromatic N) is 4. The zero-order valence-corrected chi connectivity index (χ0v) is 15.3. The number of ether oxygens (including phenoxy) is 1. The Labute approximate surface area is 156 Å². The number of rotatable bonds is 7. The lowest BCUT2D eigenvalue weighted by atomic mass is 10.0. The Morgan fingerprint density at radius 1 is 1.33 bits per heavy atom. The van der Waals surface area contributed by atoms with Gasteiger partial charge in [0.1, 0.15) is 17.5 Å². The molecule has 1 aromatic carbocycles. The molecule has 0 bridgehead atoms. The fraction of sp³-hybridized carbons (Fsp3) is 0.263. The van der Waals surface area contributed by atoms with Crippen molar-refractivity contribution >= 4 is 5.97 Å². The Morgan fingerprint density at radius 2 is 2.15 bits per heavy atom. The van der Waals surface area contributed by atoms with Gasteiger partial charge in [0.2, 0.25) is 11.7 Å². The molecule has 0 unspecified atom stereocenters. The van der Waals surface area contributed by atoms with Crippen LogP contribution in [0.3, 0.4) is 0 Å². The zero-order chi connectivity index (χ0) is 19.4. The van der Waals surface area contributed by atoms with Crippen LogP contribution in [-0.2, 0) is 11.3 Å². The second kappa shape index (κ2) is 7.96. The lowest BCUT2D eigenvalue weighted by molar-refractivity contribution is -0.143.